The van der Waals surface area contributed by atoms with E-state index in [1.165, 1.54) is 5.56 Å². The van der Waals surface area contributed by atoms with Crippen molar-refractivity contribution in [1.82, 2.24) is 5.32 Å². The fraction of sp³-hybridized carbons (Fsp3) is 0.455. The van der Waals surface area contributed by atoms with Gasteiger partial charge >= 0.3 is 0 Å². The number of nitrogens with one attached hydrogen (secondary N) is 1. The van der Waals surface area contributed by atoms with E-state index in [0.29, 0.717) is 12.1 Å². The van der Waals surface area contributed by atoms with E-state index in [-0.39, 0.29) is 0 Å². The van der Waals surface area contributed by atoms with Crippen LogP contribution in [0.1, 0.15) is 18.5 Å². The average molecular weight is 256 g/mol. The zero-order valence-corrected chi connectivity index (χ0v) is 9.75. The van der Waals surface area contributed by atoms with Crippen molar-refractivity contribution in [2.75, 3.05) is 13.2 Å². The lowest BCUT2D eigenvalue weighted by Crippen LogP contribution is -2.39. The zero-order chi connectivity index (χ0) is 9.97. The molecule has 0 amide bonds. The second-order valence-corrected chi connectivity index (χ2v) is 4.57. The Morgan fingerprint density at radius 1 is 1.36 bits per heavy atom. The van der Waals surface area contributed by atoms with Gasteiger partial charge in [-0.25, -0.2) is 0 Å². The lowest BCUT2D eigenvalue weighted by molar-refractivity contribution is 0.0149. The molecular weight excluding hydrogens is 242 g/mol. The maximum atomic E-state index is 5.60. The smallest absolute Gasteiger partial charge is 0.0672 e. The van der Waals surface area contributed by atoms with Crippen LogP contribution < -0.4 is 5.32 Å². The van der Waals surface area contributed by atoms with Crippen molar-refractivity contribution in [1.29, 1.82) is 0 Å². The van der Waals surface area contributed by atoms with Crippen LogP contribution in [0.15, 0.2) is 28.7 Å². The summed E-state index contributed by atoms with van der Waals surface area (Å²) in [4.78, 5) is 0. The summed E-state index contributed by atoms with van der Waals surface area (Å²) in [6.07, 6.45) is 0.335. The van der Waals surface area contributed by atoms with Crippen molar-refractivity contribution in [2.45, 2.75) is 19.1 Å². The van der Waals surface area contributed by atoms with Crippen LogP contribution in [0.3, 0.4) is 0 Å². The van der Waals surface area contributed by atoms with E-state index in [9.17, 15) is 0 Å². The Kier molecular flexibility index (Phi) is 3.21. The third-order valence-electron chi connectivity index (χ3n) is 2.47. The van der Waals surface area contributed by atoms with Crippen molar-refractivity contribution in [2.24, 2.45) is 0 Å². The van der Waals surface area contributed by atoms with Crippen molar-refractivity contribution in [3.63, 3.8) is 0 Å². The van der Waals surface area contributed by atoms with Gasteiger partial charge < -0.3 is 10.1 Å². The highest BCUT2D eigenvalue weighted by atomic mass is 79.9. The Morgan fingerprint density at radius 2 is 2.07 bits per heavy atom. The summed E-state index contributed by atoms with van der Waals surface area (Å²) in [5, 5.41) is 3.46. The standard InChI is InChI=1S/C11H14BrNO/c1-8-6-13-11(7-14-8)9-2-4-10(12)5-3-9/h2-5,8,11,13H,6-7H2,1H3/t8-,11-/m1/s1. The number of benzene rings is 1. The summed E-state index contributed by atoms with van der Waals surface area (Å²) in [7, 11) is 0. The Bertz CT molecular complexity index is 291. The topological polar surface area (TPSA) is 21.3 Å². The molecule has 1 N–H and O–H groups in total. The molecule has 1 fully saturated rings. The summed E-state index contributed by atoms with van der Waals surface area (Å²) >= 11 is 3.43. The van der Waals surface area contributed by atoms with Gasteiger partial charge in [0.25, 0.3) is 0 Å². The molecule has 0 aliphatic carbocycles. The Balaban J connectivity index is 2.05. The molecule has 3 heteroatoms. The number of hydrogen-bond donors (Lipinski definition) is 1. The predicted octanol–water partition coefficient (Wildman–Crippen LogP) is 2.50. The fourth-order valence-electron chi connectivity index (χ4n) is 1.60. The molecule has 2 nitrogen and oxygen atoms in total. The van der Waals surface area contributed by atoms with Gasteiger partial charge in [0, 0.05) is 11.0 Å². The van der Waals surface area contributed by atoms with Crippen LogP contribution in [0.4, 0.5) is 0 Å². The Morgan fingerprint density at radius 3 is 2.64 bits per heavy atom. The van der Waals surface area contributed by atoms with Crippen molar-refractivity contribution < 1.29 is 4.74 Å². The normalized spacial score (nSPS) is 27.6. The molecule has 1 aromatic rings. The minimum absolute atomic E-state index is 0.335. The summed E-state index contributed by atoms with van der Waals surface area (Å²) in [5.74, 6) is 0. The van der Waals surface area contributed by atoms with Gasteiger partial charge in [0.1, 0.15) is 0 Å². The van der Waals surface area contributed by atoms with Gasteiger partial charge in [-0.05, 0) is 24.6 Å². The second kappa shape index (κ2) is 4.43. The summed E-state index contributed by atoms with van der Waals surface area (Å²) in [6.45, 7) is 3.79. The number of morpholine rings is 1. The number of halogens is 1. The molecule has 1 aromatic carbocycles. The Labute approximate surface area is 92.8 Å². The third-order valence-corrected chi connectivity index (χ3v) is 3.00. The minimum Gasteiger partial charge on any atom is -0.375 e. The van der Waals surface area contributed by atoms with Crippen LogP contribution in [0.25, 0.3) is 0 Å². The maximum absolute atomic E-state index is 5.60. The van der Waals surface area contributed by atoms with Gasteiger partial charge in [0.15, 0.2) is 0 Å². The first-order valence-corrected chi connectivity index (χ1v) is 5.65. The summed E-state index contributed by atoms with van der Waals surface area (Å²) in [6, 6.07) is 8.73. The van der Waals surface area contributed by atoms with Crippen LogP contribution in [0.2, 0.25) is 0 Å². The number of rotatable bonds is 1. The van der Waals surface area contributed by atoms with Gasteiger partial charge in [-0.1, -0.05) is 28.1 Å². The molecule has 1 aliphatic heterocycles. The molecule has 14 heavy (non-hydrogen) atoms. The fourth-order valence-corrected chi connectivity index (χ4v) is 1.86. The van der Waals surface area contributed by atoms with Crippen LogP contribution in [0, 0.1) is 0 Å². The molecule has 2 rings (SSSR count). The van der Waals surface area contributed by atoms with Crippen LogP contribution in [-0.2, 0) is 4.74 Å². The van der Waals surface area contributed by atoms with Gasteiger partial charge in [-0.15, -0.1) is 0 Å². The first-order chi connectivity index (χ1) is 6.75. The second-order valence-electron chi connectivity index (χ2n) is 3.66. The van der Waals surface area contributed by atoms with E-state index < -0.39 is 0 Å². The lowest BCUT2D eigenvalue weighted by Gasteiger charge is -2.28. The molecule has 0 bridgehead atoms. The minimum atomic E-state index is 0.335. The van der Waals surface area contributed by atoms with Crippen molar-refractivity contribution in [3.05, 3.63) is 34.3 Å². The molecular formula is C11H14BrNO. The molecule has 76 valence electrons. The quantitative estimate of drug-likeness (QED) is 0.833. The van der Waals surface area contributed by atoms with Crippen molar-refractivity contribution in [3.8, 4) is 0 Å². The predicted molar refractivity (Wildman–Crippen MR) is 60.3 cm³/mol. The highest BCUT2D eigenvalue weighted by Crippen LogP contribution is 2.19. The molecule has 1 saturated heterocycles. The van der Waals surface area contributed by atoms with Gasteiger partial charge in [0.2, 0.25) is 0 Å². The SMILES string of the molecule is C[C@@H]1CN[C@@H](c2ccc(Br)cc2)CO1. The van der Waals surface area contributed by atoms with E-state index >= 15 is 0 Å². The molecule has 1 heterocycles. The highest BCUT2D eigenvalue weighted by molar-refractivity contribution is 9.10. The number of ether oxygens (including phenoxy) is 1. The summed E-state index contributed by atoms with van der Waals surface area (Å²) in [5.41, 5.74) is 1.29. The molecule has 1 aliphatic rings. The first kappa shape index (κ1) is 10.1. The van der Waals surface area contributed by atoms with Gasteiger partial charge in [-0.3, -0.25) is 0 Å². The lowest BCUT2D eigenvalue weighted by atomic mass is 10.1. The van der Waals surface area contributed by atoms with E-state index in [1.807, 2.05) is 0 Å². The van der Waals surface area contributed by atoms with Crippen LogP contribution >= 0.6 is 15.9 Å². The number of hydrogen-bond acceptors (Lipinski definition) is 2. The highest BCUT2D eigenvalue weighted by Gasteiger charge is 2.18. The Hall–Kier alpha value is -0.380. The summed E-state index contributed by atoms with van der Waals surface area (Å²) < 4.78 is 6.72. The molecule has 0 saturated carbocycles. The maximum Gasteiger partial charge on any atom is 0.0672 e. The molecule has 0 unspecified atom stereocenters. The molecule has 0 aromatic heterocycles. The molecule has 0 radical (unpaired) electrons. The van der Waals surface area contributed by atoms with Gasteiger partial charge in [0.05, 0.1) is 18.8 Å². The van der Waals surface area contributed by atoms with E-state index in [1.54, 1.807) is 0 Å². The van der Waals surface area contributed by atoms with Gasteiger partial charge in [-0.2, -0.15) is 0 Å². The largest absolute Gasteiger partial charge is 0.375 e. The van der Waals surface area contributed by atoms with E-state index in [4.69, 9.17) is 4.74 Å². The third kappa shape index (κ3) is 2.35. The van der Waals surface area contributed by atoms with Crippen LogP contribution in [0.5, 0.6) is 0 Å². The average Bonchev–Trinajstić information content (AvgIpc) is 2.21. The molecule has 2 atom stereocenters. The first-order valence-electron chi connectivity index (χ1n) is 4.86. The van der Waals surface area contributed by atoms with E-state index in [0.717, 1.165) is 17.6 Å². The van der Waals surface area contributed by atoms with Crippen molar-refractivity contribution >= 4 is 15.9 Å². The zero-order valence-electron chi connectivity index (χ0n) is 8.16. The molecule has 0 spiro atoms. The van der Waals surface area contributed by atoms with Crippen LogP contribution in [-0.4, -0.2) is 19.3 Å². The monoisotopic (exact) mass is 255 g/mol. The van der Waals surface area contributed by atoms with E-state index in [2.05, 4.69) is 52.4 Å².